The fourth-order valence-electron chi connectivity index (χ4n) is 3.59. The lowest BCUT2D eigenvalue weighted by atomic mass is 9.95. The Kier molecular flexibility index (Phi) is 7.13. The number of nitrogens with zero attached hydrogens (tertiary/aromatic N) is 3. The molecule has 1 heterocycles. The Labute approximate surface area is 175 Å². The number of halogens is 1. The fourth-order valence-corrected chi connectivity index (χ4v) is 4.52. The molecule has 0 aliphatic heterocycles. The summed E-state index contributed by atoms with van der Waals surface area (Å²) in [6.45, 7) is 3.78. The maximum atomic E-state index is 5.98. The number of thioether (sulfide) groups is 1. The number of benzene rings is 1. The highest BCUT2D eigenvalue weighted by Crippen LogP contribution is 2.43. The van der Waals surface area contributed by atoms with Gasteiger partial charge < -0.3 is 14.2 Å². The van der Waals surface area contributed by atoms with E-state index in [1.165, 1.54) is 19.3 Å². The molecular formula is C20H26ClN3O3S. The highest BCUT2D eigenvalue weighted by Gasteiger charge is 2.25. The minimum atomic E-state index is 0.365. The Morgan fingerprint density at radius 3 is 2.29 bits per heavy atom. The summed E-state index contributed by atoms with van der Waals surface area (Å²) < 4.78 is 18.7. The van der Waals surface area contributed by atoms with Gasteiger partial charge in [-0.25, -0.2) is 0 Å². The van der Waals surface area contributed by atoms with E-state index in [4.69, 9.17) is 25.8 Å². The lowest BCUT2D eigenvalue weighted by molar-refractivity contribution is 0.324. The van der Waals surface area contributed by atoms with Crippen LogP contribution in [-0.2, 0) is 0 Å². The summed E-state index contributed by atoms with van der Waals surface area (Å²) in [5.41, 5.74) is 0.879. The van der Waals surface area contributed by atoms with Crippen LogP contribution in [0.4, 0.5) is 0 Å². The van der Waals surface area contributed by atoms with Crippen molar-refractivity contribution in [3.05, 3.63) is 23.7 Å². The van der Waals surface area contributed by atoms with Crippen molar-refractivity contribution >= 4 is 23.4 Å². The van der Waals surface area contributed by atoms with Gasteiger partial charge in [-0.3, -0.25) is 4.57 Å². The Morgan fingerprint density at radius 1 is 1.11 bits per heavy atom. The lowest BCUT2D eigenvalue weighted by Crippen LogP contribution is -2.15. The first-order valence-electron chi connectivity index (χ1n) is 9.30. The molecule has 1 aromatic heterocycles. The van der Waals surface area contributed by atoms with Crippen molar-refractivity contribution in [2.24, 2.45) is 0 Å². The molecule has 0 amide bonds. The van der Waals surface area contributed by atoms with Crippen LogP contribution in [0, 0.1) is 0 Å². The maximum Gasteiger partial charge on any atom is 0.203 e. The van der Waals surface area contributed by atoms with Crippen LogP contribution in [0.5, 0.6) is 17.2 Å². The second-order valence-electron chi connectivity index (χ2n) is 6.69. The number of hydrogen-bond donors (Lipinski definition) is 0. The third-order valence-corrected chi connectivity index (χ3v) is 6.21. The monoisotopic (exact) mass is 423 g/mol. The van der Waals surface area contributed by atoms with Crippen molar-refractivity contribution in [3.63, 3.8) is 0 Å². The van der Waals surface area contributed by atoms with Crippen molar-refractivity contribution in [3.8, 4) is 28.6 Å². The van der Waals surface area contributed by atoms with Crippen LogP contribution in [0.1, 0.15) is 38.1 Å². The van der Waals surface area contributed by atoms with E-state index in [1.54, 1.807) is 33.1 Å². The zero-order chi connectivity index (χ0) is 20.1. The average Bonchev–Trinajstić information content (AvgIpc) is 3.15. The molecule has 0 N–H and O–H groups in total. The molecule has 8 heteroatoms. The smallest absolute Gasteiger partial charge is 0.203 e. The summed E-state index contributed by atoms with van der Waals surface area (Å²) in [7, 11) is 4.82. The van der Waals surface area contributed by atoms with E-state index in [0.717, 1.165) is 29.4 Å². The normalized spacial score (nSPS) is 14.7. The van der Waals surface area contributed by atoms with Crippen LogP contribution < -0.4 is 14.2 Å². The van der Waals surface area contributed by atoms with Gasteiger partial charge in [-0.1, -0.05) is 49.2 Å². The zero-order valence-corrected chi connectivity index (χ0v) is 18.1. The van der Waals surface area contributed by atoms with E-state index < -0.39 is 0 Å². The second kappa shape index (κ2) is 9.56. The predicted octanol–water partition coefficient (Wildman–Crippen LogP) is 5.32. The minimum Gasteiger partial charge on any atom is -0.493 e. The third kappa shape index (κ3) is 4.41. The Hall–Kier alpha value is -1.86. The SMILES string of the molecule is C=C(Cl)CSc1nnc(-c2cc(OC)c(OC)c(OC)c2)n1C1CCCCC1. The quantitative estimate of drug-likeness (QED) is 0.535. The van der Waals surface area contributed by atoms with Crippen LogP contribution in [0.15, 0.2) is 28.9 Å². The topological polar surface area (TPSA) is 58.4 Å². The van der Waals surface area contributed by atoms with Crippen molar-refractivity contribution in [2.45, 2.75) is 43.3 Å². The van der Waals surface area contributed by atoms with Gasteiger partial charge in [0, 0.05) is 22.4 Å². The summed E-state index contributed by atoms with van der Waals surface area (Å²) >= 11 is 7.54. The Balaban J connectivity index is 2.09. The molecule has 6 nitrogen and oxygen atoms in total. The molecule has 0 spiro atoms. The van der Waals surface area contributed by atoms with E-state index >= 15 is 0 Å². The summed E-state index contributed by atoms with van der Waals surface area (Å²) in [5, 5.41) is 10.4. The molecule has 3 rings (SSSR count). The van der Waals surface area contributed by atoms with Gasteiger partial charge in [-0.15, -0.1) is 10.2 Å². The second-order valence-corrected chi connectivity index (χ2v) is 8.16. The molecule has 0 saturated heterocycles. The van der Waals surface area contributed by atoms with Crippen molar-refractivity contribution in [2.75, 3.05) is 27.1 Å². The van der Waals surface area contributed by atoms with Crippen LogP contribution in [0.25, 0.3) is 11.4 Å². The molecule has 1 aliphatic rings. The van der Waals surface area contributed by atoms with Crippen LogP contribution in [0.2, 0.25) is 0 Å². The molecule has 1 saturated carbocycles. The first kappa shape index (κ1) is 20.9. The molecule has 0 atom stereocenters. The van der Waals surface area contributed by atoms with E-state index in [2.05, 4.69) is 21.3 Å². The standard InChI is InChI=1S/C20H26ClN3O3S/c1-13(21)12-28-20-23-22-19(24(20)15-8-6-5-7-9-15)14-10-16(25-2)18(27-4)17(11-14)26-3/h10-11,15H,1,5-9,12H2,2-4H3. The number of aromatic nitrogens is 3. The Morgan fingerprint density at radius 2 is 1.75 bits per heavy atom. The lowest BCUT2D eigenvalue weighted by Gasteiger charge is -2.26. The largest absolute Gasteiger partial charge is 0.493 e. The van der Waals surface area contributed by atoms with Crippen molar-refractivity contribution in [1.82, 2.24) is 14.8 Å². The number of ether oxygens (including phenoxy) is 3. The van der Waals surface area contributed by atoms with Crippen molar-refractivity contribution in [1.29, 1.82) is 0 Å². The molecule has 28 heavy (non-hydrogen) atoms. The van der Waals surface area contributed by atoms with Gasteiger partial charge in [-0.05, 0) is 25.0 Å². The summed E-state index contributed by atoms with van der Waals surface area (Å²) in [6, 6.07) is 4.20. The van der Waals surface area contributed by atoms with Crippen LogP contribution in [0.3, 0.4) is 0 Å². The third-order valence-electron chi connectivity index (χ3n) is 4.89. The highest BCUT2D eigenvalue weighted by molar-refractivity contribution is 7.99. The van der Waals surface area contributed by atoms with Gasteiger partial charge in [0.15, 0.2) is 22.5 Å². The van der Waals surface area contributed by atoms with Gasteiger partial charge in [0.25, 0.3) is 0 Å². The van der Waals surface area contributed by atoms with Gasteiger partial charge in [0.2, 0.25) is 5.75 Å². The predicted molar refractivity (Wildman–Crippen MR) is 113 cm³/mol. The zero-order valence-electron chi connectivity index (χ0n) is 16.5. The molecule has 2 aromatic rings. The first-order chi connectivity index (χ1) is 13.6. The van der Waals surface area contributed by atoms with Gasteiger partial charge >= 0.3 is 0 Å². The Bertz CT molecular complexity index is 809. The van der Waals surface area contributed by atoms with E-state index in [0.29, 0.717) is 34.1 Å². The maximum absolute atomic E-state index is 5.98. The van der Waals surface area contributed by atoms with Gasteiger partial charge in [0.05, 0.1) is 21.3 Å². The minimum absolute atomic E-state index is 0.365. The van der Waals surface area contributed by atoms with E-state index in [1.807, 2.05) is 12.1 Å². The highest BCUT2D eigenvalue weighted by atomic mass is 35.5. The van der Waals surface area contributed by atoms with Gasteiger partial charge in [0.1, 0.15) is 0 Å². The first-order valence-corrected chi connectivity index (χ1v) is 10.7. The van der Waals surface area contributed by atoms with E-state index in [-0.39, 0.29) is 0 Å². The van der Waals surface area contributed by atoms with Crippen LogP contribution >= 0.6 is 23.4 Å². The average molecular weight is 424 g/mol. The molecule has 0 unspecified atom stereocenters. The number of rotatable bonds is 8. The summed E-state index contributed by atoms with van der Waals surface area (Å²) in [5.74, 6) is 3.15. The van der Waals surface area contributed by atoms with Gasteiger partial charge in [-0.2, -0.15) is 0 Å². The molecular weight excluding hydrogens is 398 g/mol. The molecule has 1 aromatic carbocycles. The van der Waals surface area contributed by atoms with Crippen molar-refractivity contribution < 1.29 is 14.2 Å². The summed E-state index contributed by atoms with van der Waals surface area (Å²) in [6.07, 6.45) is 5.93. The molecule has 152 valence electrons. The van der Waals surface area contributed by atoms with E-state index in [9.17, 15) is 0 Å². The summed E-state index contributed by atoms with van der Waals surface area (Å²) in [4.78, 5) is 0. The molecule has 1 fully saturated rings. The number of methoxy groups -OCH3 is 3. The molecule has 0 bridgehead atoms. The number of hydrogen-bond acceptors (Lipinski definition) is 6. The fraction of sp³-hybridized carbons (Fsp3) is 0.500. The van der Waals surface area contributed by atoms with Crippen LogP contribution in [-0.4, -0.2) is 41.8 Å². The molecule has 0 radical (unpaired) electrons. The molecule has 1 aliphatic carbocycles.